The first kappa shape index (κ1) is 8.81. The van der Waals surface area contributed by atoms with E-state index < -0.39 is 0 Å². The Balaban J connectivity index is 2.28. The van der Waals surface area contributed by atoms with E-state index in [0.29, 0.717) is 0 Å². The Bertz CT molecular complexity index is 421. The number of hydrogen-bond acceptors (Lipinski definition) is 2. The van der Waals surface area contributed by atoms with Gasteiger partial charge in [0.1, 0.15) is 6.20 Å². The van der Waals surface area contributed by atoms with E-state index in [1.165, 1.54) is 10.4 Å². The standard InChI is InChI=1S/C11H11N2O/c1-9-4-5-10(2)11(8-9)14-13-7-3-6-12-13/h3-5,7-8H,1-2H3. The zero-order valence-corrected chi connectivity index (χ0v) is 8.19. The quantitative estimate of drug-likeness (QED) is 0.720. The third kappa shape index (κ3) is 1.76. The number of rotatable bonds is 2. The van der Waals surface area contributed by atoms with Crippen LogP contribution in [0.3, 0.4) is 0 Å². The van der Waals surface area contributed by atoms with Crippen LogP contribution in [0.25, 0.3) is 0 Å². The predicted molar refractivity (Wildman–Crippen MR) is 53.0 cm³/mol. The molecular weight excluding hydrogens is 176 g/mol. The molecule has 0 saturated heterocycles. The predicted octanol–water partition coefficient (Wildman–Crippen LogP) is 2.14. The summed E-state index contributed by atoms with van der Waals surface area (Å²) in [6, 6.07) is 7.76. The van der Waals surface area contributed by atoms with Crippen LogP contribution in [0.4, 0.5) is 0 Å². The highest BCUT2D eigenvalue weighted by molar-refractivity contribution is 5.35. The molecule has 0 aliphatic heterocycles. The summed E-state index contributed by atoms with van der Waals surface area (Å²) < 4.78 is 0. The molecule has 2 rings (SSSR count). The molecule has 0 N–H and O–H groups in total. The van der Waals surface area contributed by atoms with Crippen LogP contribution in [-0.4, -0.2) is 9.94 Å². The summed E-state index contributed by atoms with van der Waals surface area (Å²) in [5, 5.41) is 3.85. The fourth-order valence-corrected chi connectivity index (χ4v) is 1.18. The number of benzene rings is 1. The second-order valence-corrected chi connectivity index (χ2v) is 3.21. The Kier molecular flexibility index (Phi) is 2.23. The summed E-state index contributed by atoms with van der Waals surface area (Å²) in [5.74, 6) is 0.821. The lowest BCUT2D eigenvalue weighted by atomic mass is 10.1. The summed E-state index contributed by atoms with van der Waals surface area (Å²) in [5.41, 5.74) is 2.26. The molecule has 0 atom stereocenters. The Hall–Kier alpha value is -1.77. The lowest BCUT2D eigenvalue weighted by Crippen LogP contribution is -2.06. The molecule has 0 aliphatic carbocycles. The molecule has 3 nitrogen and oxygen atoms in total. The average Bonchev–Trinajstić information content (AvgIpc) is 2.64. The van der Waals surface area contributed by atoms with Crippen LogP contribution < -0.4 is 4.84 Å². The van der Waals surface area contributed by atoms with Gasteiger partial charge < -0.3 is 4.84 Å². The van der Waals surface area contributed by atoms with E-state index in [4.69, 9.17) is 4.84 Å². The minimum Gasteiger partial charge on any atom is -0.358 e. The van der Waals surface area contributed by atoms with Crippen molar-refractivity contribution in [2.24, 2.45) is 0 Å². The fourth-order valence-electron chi connectivity index (χ4n) is 1.18. The second kappa shape index (κ2) is 3.54. The third-order valence-corrected chi connectivity index (χ3v) is 1.97. The van der Waals surface area contributed by atoms with Crippen molar-refractivity contribution in [1.82, 2.24) is 9.94 Å². The van der Waals surface area contributed by atoms with Gasteiger partial charge in [-0.15, -0.1) is 5.10 Å². The Morgan fingerprint density at radius 3 is 2.93 bits per heavy atom. The Labute approximate surface area is 82.9 Å². The van der Waals surface area contributed by atoms with Crippen LogP contribution in [-0.2, 0) is 0 Å². The summed E-state index contributed by atoms with van der Waals surface area (Å²) in [6.45, 7) is 4.03. The van der Waals surface area contributed by atoms with E-state index in [2.05, 4.69) is 17.4 Å². The molecule has 14 heavy (non-hydrogen) atoms. The Morgan fingerprint density at radius 2 is 2.21 bits per heavy atom. The molecule has 0 unspecified atom stereocenters. The summed E-state index contributed by atoms with van der Waals surface area (Å²) >= 11 is 0. The van der Waals surface area contributed by atoms with Crippen molar-refractivity contribution >= 4 is 0 Å². The normalized spacial score (nSPS) is 10.1. The molecule has 0 bridgehead atoms. The highest BCUT2D eigenvalue weighted by Crippen LogP contribution is 2.18. The minimum atomic E-state index is 0.821. The van der Waals surface area contributed by atoms with E-state index in [1.807, 2.05) is 26.0 Å². The maximum absolute atomic E-state index is 5.50. The molecule has 3 heteroatoms. The molecule has 1 heterocycles. The molecule has 0 saturated carbocycles. The minimum absolute atomic E-state index is 0.821. The van der Waals surface area contributed by atoms with Crippen LogP contribution in [0.2, 0.25) is 0 Å². The SMILES string of the molecule is Cc1ccc(C)c(On2cc[c]n2)c1. The smallest absolute Gasteiger partial charge is 0.161 e. The average molecular weight is 187 g/mol. The number of hydrogen-bond donors (Lipinski definition) is 0. The van der Waals surface area contributed by atoms with Gasteiger partial charge >= 0.3 is 0 Å². The van der Waals surface area contributed by atoms with Gasteiger partial charge in [0.25, 0.3) is 0 Å². The first-order chi connectivity index (χ1) is 6.75. The van der Waals surface area contributed by atoms with Crippen LogP contribution in [0.1, 0.15) is 11.1 Å². The molecule has 2 aromatic rings. The zero-order chi connectivity index (χ0) is 9.97. The van der Waals surface area contributed by atoms with E-state index in [0.717, 1.165) is 11.3 Å². The molecule has 0 spiro atoms. The second-order valence-electron chi connectivity index (χ2n) is 3.21. The van der Waals surface area contributed by atoms with Crippen LogP contribution in [0.5, 0.6) is 5.75 Å². The third-order valence-electron chi connectivity index (χ3n) is 1.97. The van der Waals surface area contributed by atoms with Crippen molar-refractivity contribution in [2.45, 2.75) is 13.8 Å². The number of nitrogens with zero attached hydrogens (tertiary/aromatic N) is 2. The maximum Gasteiger partial charge on any atom is 0.161 e. The van der Waals surface area contributed by atoms with Crippen LogP contribution in [0, 0.1) is 20.0 Å². The molecular formula is C11H11N2O. The number of aromatic nitrogens is 2. The maximum atomic E-state index is 5.50. The molecule has 1 aromatic carbocycles. The summed E-state index contributed by atoms with van der Waals surface area (Å²) in [7, 11) is 0. The van der Waals surface area contributed by atoms with E-state index >= 15 is 0 Å². The van der Waals surface area contributed by atoms with Crippen molar-refractivity contribution < 1.29 is 4.84 Å². The van der Waals surface area contributed by atoms with Gasteiger partial charge in [-0.3, -0.25) is 0 Å². The van der Waals surface area contributed by atoms with Gasteiger partial charge in [-0.05, 0) is 37.1 Å². The van der Waals surface area contributed by atoms with Gasteiger partial charge in [0.2, 0.25) is 0 Å². The van der Waals surface area contributed by atoms with E-state index in [1.54, 1.807) is 12.3 Å². The topological polar surface area (TPSA) is 27.1 Å². The molecule has 1 aromatic heterocycles. The molecule has 1 radical (unpaired) electrons. The van der Waals surface area contributed by atoms with Gasteiger partial charge in [0.05, 0.1) is 6.20 Å². The van der Waals surface area contributed by atoms with Crippen molar-refractivity contribution in [3.05, 3.63) is 47.8 Å². The van der Waals surface area contributed by atoms with E-state index in [-0.39, 0.29) is 0 Å². The summed E-state index contributed by atoms with van der Waals surface area (Å²) in [6.07, 6.45) is 4.38. The fraction of sp³-hybridized carbons (Fsp3) is 0.182. The van der Waals surface area contributed by atoms with Gasteiger partial charge in [-0.25, -0.2) is 0 Å². The highest BCUT2D eigenvalue weighted by Gasteiger charge is 2.00. The summed E-state index contributed by atoms with van der Waals surface area (Å²) in [4.78, 5) is 6.89. The largest absolute Gasteiger partial charge is 0.358 e. The lowest BCUT2D eigenvalue weighted by Gasteiger charge is -2.07. The van der Waals surface area contributed by atoms with Crippen molar-refractivity contribution in [2.75, 3.05) is 0 Å². The van der Waals surface area contributed by atoms with Crippen molar-refractivity contribution in [3.63, 3.8) is 0 Å². The monoisotopic (exact) mass is 187 g/mol. The van der Waals surface area contributed by atoms with Gasteiger partial charge in [0.15, 0.2) is 5.75 Å². The van der Waals surface area contributed by atoms with Gasteiger partial charge in [0, 0.05) is 0 Å². The molecule has 0 fully saturated rings. The van der Waals surface area contributed by atoms with Crippen molar-refractivity contribution in [1.29, 1.82) is 0 Å². The number of aryl methyl sites for hydroxylation is 2. The first-order valence-electron chi connectivity index (χ1n) is 4.43. The molecule has 0 amide bonds. The lowest BCUT2D eigenvalue weighted by molar-refractivity contribution is 0.177. The van der Waals surface area contributed by atoms with Gasteiger partial charge in [-0.2, -0.15) is 0 Å². The van der Waals surface area contributed by atoms with Gasteiger partial charge in [-0.1, -0.05) is 17.0 Å². The molecule has 0 aliphatic rings. The van der Waals surface area contributed by atoms with Crippen LogP contribution >= 0.6 is 0 Å². The molecule has 71 valence electrons. The zero-order valence-electron chi connectivity index (χ0n) is 8.19. The van der Waals surface area contributed by atoms with E-state index in [9.17, 15) is 0 Å². The highest BCUT2D eigenvalue weighted by atomic mass is 16.7. The van der Waals surface area contributed by atoms with Crippen LogP contribution in [0.15, 0.2) is 30.5 Å². The Morgan fingerprint density at radius 1 is 1.36 bits per heavy atom. The first-order valence-corrected chi connectivity index (χ1v) is 4.43. The van der Waals surface area contributed by atoms with Crippen molar-refractivity contribution in [3.8, 4) is 5.75 Å².